The molecule has 1 aromatic heterocycles. The van der Waals surface area contributed by atoms with Gasteiger partial charge in [0.25, 0.3) is 0 Å². The SMILES string of the molecule is C=Nc1cc(C)ccc1N(CC(N)=CC=NCC)Cc1ccc(N2CCCC2C)nc1. The Morgan fingerprint density at radius 3 is 2.84 bits per heavy atom. The molecule has 1 aliphatic rings. The monoisotopic (exact) mass is 418 g/mol. The van der Waals surface area contributed by atoms with E-state index in [-0.39, 0.29) is 0 Å². The maximum atomic E-state index is 6.31. The van der Waals surface area contributed by atoms with Gasteiger partial charge in [-0.25, -0.2) is 4.98 Å². The summed E-state index contributed by atoms with van der Waals surface area (Å²) in [6, 6.07) is 11.1. The van der Waals surface area contributed by atoms with E-state index >= 15 is 0 Å². The van der Waals surface area contributed by atoms with Crippen LogP contribution in [0.15, 0.2) is 58.3 Å². The number of hydrogen-bond donors (Lipinski definition) is 1. The van der Waals surface area contributed by atoms with Gasteiger partial charge in [0, 0.05) is 43.8 Å². The average molecular weight is 419 g/mol. The molecule has 0 aliphatic carbocycles. The Balaban J connectivity index is 1.85. The van der Waals surface area contributed by atoms with Crippen LogP contribution in [0, 0.1) is 6.92 Å². The van der Waals surface area contributed by atoms with Gasteiger partial charge >= 0.3 is 0 Å². The second-order valence-electron chi connectivity index (χ2n) is 8.11. The molecule has 0 radical (unpaired) electrons. The van der Waals surface area contributed by atoms with Gasteiger partial charge in [0.15, 0.2) is 0 Å². The molecule has 1 unspecified atom stereocenters. The molecule has 1 fully saturated rings. The molecule has 3 rings (SSSR count). The van der Waals surface area contributed by atoms with E-state index in [4.69, 9.17) is 10.7 Å². The van der Waals surface area contributed by atoms with Crippen LogP contribution in [0.2, 0.25) is 0 Å². The Morgan fingerprint density at radius 1 is 1.35 bits per heavy atom. The largest absolute Gasteiger partial charge is 0.401 e. The van der Waals surface area contributed by atoms with Crippen molar-refractivity contribution in [1.29, 1.82) is 0 Å². The first-order valence-corrected chi connectivity index (χ1v) is 11.0. The Morgan fingerprint density at radius 2 is 2.19 bits per heavy atom. The molecule has 1 saturated heterocycles. The number of rotatable bonds is 9. The molecule has 1 aliphatic heterocycles. The normalized spacial score (nSPS) is 16.8. The molecule has 2 aromatic rings. The van der Waals surface area contributed by atoms with Crippen LogP contribution in [0.4, 0.5) is 17.2 Å². The molecule has 164 valence electrons. The lowest BCUT2D eigenvalue weighted by Gasteiger charge is -2.27. The van der Waals surface area contributed by atoms with Crippen molar-refractivity contribution in [3.05, 3.63) is 59.4 Å². The van der Waals surface area contributed by atoms with Crippen molar-refractivity contribution in [2.75, 3.05) is 29.4 Å². The third kappa shape index (κ3) is 5.94. The summed E-state index contributed by atoms with van der Waals surface area (Å²) in [5.41, 5.74) is 11.2. The molecule has 2 heterocycles. The predicted molar refractivity (Wildman–Crippen MR) is 133 cm³/mol. The van der Waals surface area contributed by atoms with Crippen LogP contribution in [0.1, 0.15) is 37.8 Å². The van der Waals surface area contributed by atoms with Crippen molar-refractivity contribution in [3.63, 3.8) is 0 Å². The first kappa shape index (κ1) is 22.5. The lowest BCUT2D eigenvalue weighted by Crippen LogP contribution is -2.29. The smallest absolute Gasteiger partial charge is 0.128 e. The van der Waals surface area contributed by atoms with E-state index in [0.29, 0.717) is 19.1 Å². The molecule has 2 N–H and O–H groups in total. The summed E-state index contributed by atoms with van der Waals surface area (Å²) in [5, 5.41) is 0. The van der Waals surface area contributed by atoms with Gasteiger partial charge in [0.05, 0.1) is 17.9 Å². The van der Waals surface area contributed by atoms with Crippen molar-refractivity contribution >= 4 is 30.1 Å². The predicted octanol–water partition coefficient (Wildman–Crippen LogP) is 4.65. The van der Waals surface area contributed by atoms with Crippen LogP contribution in [-0.4, -0.2) is 43.6 Å². The zero-order chi connectivity index (χ0) is 22.2. The summed E-state index contributed by atoms with van der Waals surface area (Å²) in [5.74, 6) is 1.05. The Kier molecular flexibility index (Phi) is 7.82. The molecule has 0 saturated carbocycles. The third-order valence-corrected chi connectivity index (χ3v) is 5.62. The highest BCUT2D eigenvalue weighted by Crippen LogP contribution is 2.31. The number of benzene rings is 1. The fourth-order valence-corrected chi connectivity index (χ4v) is 3.95. The van der Waals surface area contributed by atoms with E-state index < -0.39 is 0 Å². The minimum absolute atomic E-state index is 0.554. The molecular weight excluding hydrogens is 384 g/mol. The highest BCUT2D eigenvalue weighted by Gasteiger charge is 2.21. The molecule has 0 amide bonds. The van der Waals surface area contributed by atoms with Crippen LogP contribution in [0.3, 0.4) is 0 Å². The fourth-order valence-electron chi connectivity index (χ4n) is 3.95. The molecule has 0 bridgehead atoms. The Hall–Kier alpha value is -3.15. The minimum Gasteiger partial charge on any atom is -0.401 e. The molecule has 0 spiro atoms. The van der Waals surface area contributed by atoms with E-state index in [1.165, 1.54) is 12.8 Å². The van der Waals surface area contributed by atoms with Gasteiger partial charge in [-0.15, -0.1) is 0 Å². The van der Waals surface area contributed by atoms with Crippen LogP contribution in [0.5, 0.6) is 0 Å². The number of aromatic nitrogens is 1. The number of anilines is 2. The number of allylic oxidation sites excluding steroid dienone is 1. The molecule has 31 heavy (non-hydrogen) atoms. The summed E-state index contributed by atoms with van der Waals surface area (Å²) < 4.78 is 0. The summed E-state index contributed by atoms with van der Waals surface area (Å²) in [4.78, 5) is 17.8. The first-order chi connectivity index (χ1) is 15.0. The average Bonchev–Trinajstić information content (AvgIpc) is 3.19. The number of pyridine rings is 1. The standard InChI is InChI=1S/C25H34N6/c1-5-28-13-12-22(26)18-30(24-10-8-19(2)15-23(24)27-4)17-21-9-11-25(29-16-21)31-14-6-7-20(31)3/h8-13,15-16,20H,4-7,14,17-18,26H2,1-3H3. The maximum absolute atomic E-state index is 6.31. The number of nitrogens with two attached hydrogens (primary N) is 1. The molecule has 1 aromatic carbocycles. The molecule has 6 heteroatoms. The van der Waals surface area contributed by atoms with E-state index in [1.807, 2.05) is 25.3 Å². The van der Waals surface area contributed by atoms with Gasteiger partial charge in [-0.05, 0) is 75.7 Å². The van der Waals surface area contributed by atoms with E-state index in [0.717, 1.165) is 47.1 Å². The van der Waals surface area contributed by atoms with Gasteiger partial charge < -0.3 is 15.5 Å². The van der Waals surface area contributed by atoms with Crippen molar-refractivity contribution in [1.82, 2.24) is 4.98 Å². The van der Waals surface area contributed by atoms with Crippen LogP contribution >= 0.6 is 0 Å². The van der Waals surface area contributed by atoms with Crippen molar-refractivity contribution in [2.45, 2.75) is 46.2 Å². The fraction of sp³-hybridized carbons (Fsp3) is 0.400. The highest BCUT2D eigenvalue weighted by atomic mass is 15.2. The summed E-state index contributed by atoms with van der Waals surface area (Å²) in [6.07, 6.45) is 8.07. The minimum atomic E-state index is 0.554. The van der Waals surface area contributed by atoms with Gasteiger partial charge in [0.1, 0.15) is 5.82 Å². The topological polar surface area (TPSA) is 70.1 Å². The third-order valence-electron chi connectivity index (χ3n) is 5.62. The van der Waals surface area contributed by atoms with Gasteiger partial charge in [-0.3, -0.25) is 9.98 Å². The van der Waals surface area contributed by atoms with Crippen LogP contribution < -0.4 is 15.5 Å². The molecular formula is C25H34N6. The lowest BCUT2D eigenvalue weighted by atomic mass is 10.1. The van der Waals surface area contributed by atoms with Crippen LogP contribution in [0.25, 0.3) is 0 Å². The quantitative estimate of drug-likeness (QED) is 0.602. The second-order valence-corrected chi connectivity index (χ2v) is 8.11. The zero-order valence-corrected chi connectivity index (χ0v) is 19.0. The summed E-state index contributed by atoms with van der Waals surface area (Å²) in [7, 11) is 0. The number of aliphatic imine (C=N–C) groups is 2. The zero-order valence-electron chi connectivity index (χ0n) is 19.0. The molecule has 1 atom stereocenters. The van der Waals surface area contributed by atoms with E-state index in [2.05, 4.69) is 64.6 Å². The summed E-state index contributed by atoms with van der Waals surface area (Å²) in [6.45, 7) is 13.1. The first-order valence-electron chi connectivity index (χ1n) is 11.0. The highest BCUT2D eigenvalue weighted by molar-refractivity contribution is 5.73. The van der Waals surface area contributed by atoms with Crippen molar-refractivity contribution in [2.24, 2.45) is 15.7 Å². The van der Waals surface area contributed by atoms with Crippen LogP contribution in [-0.2, 0) is 6.54 Å². The van der Waals surface area contributed by atoms with Crippen molar-refractivity contribution in [3.8, 4) is 0 Å². The van der Waals surface area contributed by atoms with Crippen molar-refractivity contribution < 1.29 is 0 Å². The number of hydrogen-bond acceptors (Lipinski definition) is 6. The van der Waals surface area contributed by atoms with Gasteiger partial charge in [-0.1, -0.05) is 12.1 Å². The number of nitrogens with zero attached hydrogens (tertiary/aromatic N) is 5. The second kappa shape index (κ2) is 10.8. The Labute approximate surface area is 186 Å². The summed E-state index contributed by atoms with van der Waals surface area (Å²) >= 11 is 0. The lowest BCUT2D eigenvalue weighted by molar-refractivity contribution is 0.726. The molecule has 6 nitrogen and oxygen atoms in total. The Bertz CT molecular complexity index is 932. The maximum Gasteiger partial charge on any atom is 0.128 e. The van der Waals surface area contributed by atoms with E-state index in [1.54, 1.807) is 6.21 Å². The number of aryl methyl sites for hydroxylation is 1. The van der Waals surface area contributed by atoms with Gasteiger partial charge in [0.2, 0.25) is 0 Å². The van der Waals surface area contributed by atoms with Gasteiger partial charge in [-0.2, -0.15) is 0 Å². The van der Waals surface area contributed by atoms with E-state index in [9.17, 15) is 0 Å².